The molecule has 6 nitrogen and oxygen atoms in total. The molecule has 0 bridgehead atoms. The monoisotopic (exact) mass is 347 g/mol. The Morgan fingerprint density at radius 3 is 2.50 bits per heavy atom. The molecule has 3 aromatic rings. The molecule has 132 valence electrons. The molecule has 6 heteroatoms. The number of azo groups is 1. The molecule has 0 saturated heterocycles. The van der Waals surface area contributed by atoms with Crippen molar-refractivity contribution in [3.05, 3.63) is 72.1 Å². The van der Waals surface area contributed by atoms with Gasteiger partial charge in [-0.2, -0.15) is 10.2 Å². The van der Waals surface area contributed by atoms with E-state index in [9.17, 15) is 4.79 Å². The summed E-state index contributed by atoms with van der Waals surface area (Å²) in [6.07, 6.45) is 3.41. The van der Waals surface area contributed by atoms with Crippen molar-refractivity contribution >= 4 is 23.0 Å². The first-order valence-corrected chi connectivity index (χ1v) is 8.42. The van der Waals surface area contributed by atoms with Gasteiger partial charge in [0.25, 0.3) is 0 Å². The molecule has 1 unspecified atom stereocenters. The molecule has 2 aromatic carbocycles. The van der Waals surface area contributed by atoms with Crippen LogP contribution in [0.15, 0.2) is 71.2 Å². The molecule has 0 aliphatic rings. The average molecular weight is 347 g/mol. The van der Waals surface area contributed by atoms with Crippen LogP contribution < -0.4 is 5.32 Å². The zero-order valence-corrected chi connectivity index (χ0v) is 15.0. The van der Waals surface area contributed by atoms with E-state index in [0.717, 1.165) is 11.3 Å². The summed E-state index contributed by atoms with van der Waals surface area (Å²) in [6.45, 7) is 5.79. The Bertz CT molecular complexity index is 914. The predicted octanol–water partition coefficient (Wildman–Crippen LogP) is 5.12. The smallest absolute Gasteiger partial charge is 0.249 e. The number of nitrogens with zero attached hydrogens (tertiary/aromatic N) is 4. The molecule has 0 radical (unpaired) electrons. The van der Waals surface area contributed by atoms with Gasteiger partial charge in [0.05, 0.1) is 11.4 Å². The number of amides is 1. The van der Waals surface area contributed by atoms with Crippen molar-refractivity contribution in [2.75, 3.05) is 5.32 Å². The normalized spacial score (nSPS) is 12.3. The highest BCUT2D eigenvalue weighted by Gasteiger charge is 2.16. The molecule has 1 heterocycles. The van der Waals surface area contributed by atoms with Gasteiger partial charge in [-0.15, -0.1) is 5.11 Å². The van der Waals surface area contributed by atoms with Gasteiger partial charge in [-0.25, -0.2) is 0 Å². The number of nitrogens with one attached hydrogen (secondary N) is 1. The molecule has 1 atom stereocenters. The summed E-state index contributed by atoms with van der Waals surface area (Å²) in [5.74, 6) is -0.163. The fourth-order valence-electron chi connectivity index (χ4n) is 2.42. The number of aryl methyl sites for hydroxylation is 2. The first kappa shape index (κ1) is 17.5. The fraction of sp³-hybridized carbons (Fsp3) is 0.200. The maximum Gasteiger partial charge on any atom is 0.249 e. The highest BCUT2D eigenvalue weighted by Crippen LogP contribution is 2.29. The molecule has 0 saturated carbocycles. The molecule has 0 spiro atoms. The van der Waals surface area contributed by atoms with Crippen LogP contribution in [0.2, 0.25) is 0 Å². The van der Waals surface area contributed by atoms with Crippen LogP contribution in [0.1, 0.15) is 24.1 Å². The number of carbonyl (C=O) groups excluding carboxylic acids is 1. The third-order valence-corrected chi connectivity index (χ3v) is 4.02. The number of carbonyl (C=O) groups is 1. The first-order chi connectivity index (χ1) is 12.5. The molecule has 1 amide bonds. The standard InChI is InChI=1S/C20H21N5O/c1-14-5-8-17(9-6-14)23-24-19-13-15(2)7-10-18(19)22-20(26)16(3)25-12-4-11-21-25/h4-13,16H,1-3H3,(H,22,26). The number of anilines is 1. The van der Waals surface area contributed by atoms with Crippen molar-refractivity contribution in [3.63, 3.8) is 0 Å². The van der Waals surface area contributed by atoms with E-state index in [1.165, 1.54) is 5.56 Å². The van der Waals surface area contributed by atoms with Crippen LogP contribution in [-0.4, -0.2) is 15.7 Å². The Morgan fingerprint density at radius 1 is 1.08 bits per heavy atom. The average Bonchev–Trinajstić information content (AvgIpc) is 3.17. The second-order valence-corrected chi connectivity index (χ2v) is 6.21. The van der Waals surface area contributed by atoms with Crippen LogP contribution in [0.4, 0.5) is 17.1 Å². The lowest BCUT2D eigenvalue weighted by molar-refractivity contribution is -0.119. The van der Waals surface area contributed by atoms with Crippen molar-refractivity contribution in [1.29, 1.82) is 0 Å². The number of benzene rings is 2. The van der Waals surface area contributed by atoms with Crippen molar-refractivity contribution in [1.82, 2.24) is 9.78 Å². The molecule has 0 aliphatic carbocycles. The third-order valence-electron chi connectivity index (χ3n) is 4.02. The van der Waals surface area contributed by atoms with Crippen LogP contribution in [0, 0.1) is 13.8 Å². The Labute approximate surface area is 152 Å². The van der Waals surface area contributed by atoms with Gasteiger partial charge in [0.1, 0.15) is 11.7 Å². The zero-order valence-electron chi connectivity index (χ0n) is 15.0. The van der Waals surface area contributed by atoms with Crippen molar-refractivity contribution in [2.24, 2.45) is 10.2 Å². The largest absolute Gasteiger partial charge is 0.322 e. The maximum absolute atomic E-state index is 12.5. The summed E-state index contributed by atoms with van der Waals surface area (Å²) < 4.78 is 1.61. The quantitative estimate of drug-likeness (QED) is 0.651. The Kier molecular flexibility index (Phi) is 5.22. The number of aromatic nitrogens is 2. The summed E-state index contributed by atoms with van der Waals surface area (Å²) in [6, 6.07) is 14.8. The topological polar surface area (TPSA) is 71.6 Å². The van der Waals surface area contributed by atoms with E-state index >= 15 is 0 Å². The van der Waals surface area contributed by atoms with Gasteiger partial charge in [-0.1, -0.05) is 23.8 Å². The predicted molar refractivity (Wildman–Crippen MR) is 102 cm³/mol. The van der Waals surface area contributed by atoms with Gasteiger partial charge < -0.3 is 5.32 Å². The van der Waals surface area contributed by atoms with Gasteiger partial charge in [-0.05, 0) is 56.7 Å². The van der Waals surface area contributed by atoms with Gasteiger partial charge in [-0.3, -0.25) is 9.48 Å². The highest BCUT2D eigenvalue weighted by molar-refractivity contribution is 5.96. The van der Waals surface area contributed by atoms with E-state index in [1.807, 2.05) is 56.3 Å². The van der Waals surface area contributed by atoms with Gasteiger partial charge in [0.2, 0.25) is 5.91 Å². The van der Waals surface area contributed by atoms with Crippen LogP contribution in [0.25, 0.3) is 0 Å². The lowest BCUT2D eigenvalue weighted by Gasteiger charge is -2.14. The molecular weight excluding hydrogens is 326 g/mol. The van der Waals surface area contributed by atoms with Crippen LogP contribution in [-0.2, 0) is 4.79 Å². The number of hydrogen-bond donors (Lipinski definition) is 1. The van der Waals surface area contributed by atoms with E-state index in [4.69, 9.17) is 0 Å². The minimum Gasteiger partial charge on any atom is -0.322 e. The lowest BCUT2D eigenvalue weighted by atomic mass is 10.2. The van der Waals surface area contributed by atoms with Crippen molar-refractivity contribution in [2.45, 2.75) is 26.8 Å². The summed E-state index contributed by atoms with van der Waals surface area (Å²) in [5.41, 5.74) is 4.21. The minimum absolute atomic E-state index is 0.163. The Balaban J connectivity index is 1.81. The SMILES string of the molecule is Cc1ccc(N=Nc2cc(C)ccc2NC(=O)C(C)n2cccn2)cc1. The minimum atomic E-state index is -0.423. The van der Waals surface area contributed by atoms with Crippen LogP contribution in [0.5, 0.6) is 0 Å². The van der Waals surface area contributed by atoms with Crippen LogP contribution >= 0.6 is 0 Å². The van der Waals surface area contributed by atoms with E-state index in [-0.39, 0.29) is 5.91 Å². The van der Waals surface area contributed by atoms with Crippen LogP contribution in [0.3, 0.4) is 0 Å². The van der Waals surface area contributed by atoms with E-state index < -0.39 is 6.04 Å². The van der Waals surface area contributed by atoms with Crippen molar-refractivity contribution in [3.8, 4) is 0 Å². The Morgan fingerprint density at radius 2 is 1.81 bits per heavy atom. The molecule has 1 aromatic heterocycles. The zero-order chi connectivity index (χ0) is 18.5. The molecule has 0 fully saturated rings. The lowest BCUT2D eigenvalue weighted by Crippen LogP contribution is -2.24. The molecule has 1 N–H and O–H groups in total. The molecule has 26 heavy (non-hydrogen) atoms. The summed E-state index contributed by atoms with van der Waals surface area (Å²) >= 11 is 0. The fourth-order valence-corrected chi connectivity index (χ4v) is 2.42. The van der Waals surface area contributed by atoms with Gasteiger partial charge >= 0.3 is 0 Å². The third kappa shape index (κ3) is 4.22. The number of hydrogen-bond acceptors (Lipinski definition) is 4. The van der Waals surface area contributed by atoms with Gasteiger partial charge in [0, 0.05) is 12.4 Å². The number of rotatable bonds is 5. The summed E-state index contributed by atoms with van der Waals surface area (Å²) in [7, 11) is 0. The van der Waals surface area contributed by atoms with E-state index in [0.29, 0.717) is 11.4 Å². The van der Waals surface area contributed by atoms with Gasteiger partial charge in [0.15, 0.2) is 0 Å². The first-order valence-electron chi connectivity index (χ1n) is 8.42. The maximum atomic E-state index is 12.5. The van der Waals surface area contributed by atoms with Crippen molar-refractivity contribution < 1.29 is 4.79 Å². The highest BCUT2D eigenvalue weighted by atomic mass is 16.2. The second-order valence-electron chi connectivity index (χ2n) is 6.21. The molecule has 3 rings (SSSR count). The Hall–Kier alpha value is -3.28. The second kappa shape index (κ2) is 7.74. The molecular formula is C20H21N5O. The summed E-state index contributed by atoms with van der Waals surface area (Å²) in [5, 5.41) is 15.6. The van der Waals surface area contributed by atoms with E-state index in [1.54, 1.807) is 30.1 Å². The van der Waals surface area contributed by atoms with E-state index in [2.05, 4.69) is 20.6 Å². The summed E-state index contributed by atoms with van der Waals surface area (Å²) in [4.78, 5) is 12.5. The molecule has 0 aliphatic heterocycles.